The molecule has 0 aromatic heterocycles. The van der Waals surface area contributed by atoms with Gasteiger partial charge in [-0.3, -0.25) is 9.69 Å². The molecule has 0 aliphatic carbocycles. The van der Waals surface area contributed by atoms with Gasteiger partial charge in [0.05, 0.1) is 6.20 Å². The van der Waals surface area contributed by atoms with Gasteiger partial charge in [0, 0.05) is 5.87 Å². The highest BCUT2D eigenvalue weighted by molar-refractivity contribution is 5.87. The second-order valence-corrected chi connectivity index (χ2v) is 1.80. The standard InChI is InChI=1S/C6H4N2O3/c9-5(10)4-8-3-1-2-7-6(8)11/h3H,4H2,(H,9,10). The van der Waals surface area contributed by atoms with E-state index < -0.39 is 18.5 Å². The van der Waals surface area contributed by atoms with Crippen LogP contribution in [0, 0.1) is 0 Å². The molecule has 0 saturated heterocycles. The highest BCUT2D eigenvalue weighted by Crippen LogP contribution is 1.95. The van der Waals surface area contributed by atoms with E-state index in [-0.39, 0.29) is 0 Å². The number of carboxylic acid groups (broad SMARTS) is 1. The van der Waals surface area contributed by atoms with Gasteiger partial charge in [-0.25, -0.2) is 4.79 Å². The monoisotopic (exact) mass is 152 g/mol. The molecule has 1 aliphatic rings. The van der Waals surface area contributed by atoms with Crippen molar-refractivity contribution in [2.45, 2.75) is 0 Å². The molecule has 0 spiro atoms. The minimum atomic E-state index is -1.09. The third-order valence-electron chi connectivity index (χ3n) is 0.988. The Morgan fingerprint density at radius 1 is 1.82 bits per heavy atom. The van der Waals surface area contributed by atoms with Crippen LogP contribution in [0.25, 0.3) is 0 Å². The van der Waals surface area contributed by atoms with Gasteiger partial charge in [-0.1, -0.05) is 0 Å². The molecule has 0 saturated carbocycles. The van der Waals surface area contributed by atoms with Gasteiger partial charge < -0.3 is 5.11 Å². The predicted molar refractivity (Wildman–Crippen MR) is 35.3 cm³/mol. The summed E-state index contributed by atoms with van der Waals surface area (Å²) in [6.45, 7) is -0.392. The normalized spacial score (nSPS) is 14.2. The third kappa shape index (κ3) is 1.79. The number of amides is 2. The van der Waals surface area contributed by atoms with Crippen LogP contribution in [0.3, 0.4) is 0 Å². The fourth-order valence-electron chi connectivity index (χ4n) is 0.565. The topological polar surface area (TPSA) is 70.0 Å². The van der Waals surface area contributed by atoms with E-state index in [0.717, 1.165) is 4.90 Å². The van der Waals surface area contributed by atoms with Gasteiger partial charge in [-0.05, 0) is 5.73 Å². The molecule has 0 fully saturated rings. The molecule has 11 heavy (non-hydrogen) atoms. The van der Waals surface area contributed by atoms with Crippen LogP contribution in [-0.4, -0.2) is 34.4 Å². The van der Waals surface area contributed by atoms with Crippen LogP contribution in [-0.2, 0) is 4.79 Å². The van der Waals surface area contributed by atoms with Crippen LogP contribution in [0.4, 0.5) is 4.79 Å². The molecule has 0 aromatic carbocycles. The lowest BCUT2D eigenvalue weighted by Gasteiger charge is -2.10. The second kappa shape index (κ2) is 2.84. The minimum absolute atomic E-state index is 0.392. The van der Waals surface area contributed by atoms with Crippen LogP contribution in [0.15, 0.2) is 16.9 Å². The number of carbonyl (C=O) groups is 2. The first-order valence-corrected chi connectivity index (χ1v) is 2.77. The lowest BCUT2D eigenvalue weighted by Crippen LogP contribution is -2.29. The Labute approximate surface area is 62.0 Å². The Morgan fingerprint density at radius 3 is 3.09 bits per heavy atom. The summed E-state index contributed by atoms with van der Waals surface area (Å²) in [7, 11) is 0. The first kappa shape index (κ1) is 7.28. The van der Waals surface area contributed by atoms with Crippen LogP contribution in [0.1, 0.15) is 0 Å². The highest BCUT2D eigenvalue weighted by Gasteiger charge is 2.13. The number of nitrogens with zero attached hydrogens (tertiary/aromatic N) is 2. The smallest absolute Gasteiger partial charge is 0.357 e. The maximum Gasteiger partial charge on any atom is 0.357 e. The number of carbonyl (C=O) groups excluding carboxylic acids is 1. The molecular weight excluding hydrogens is 148 g/mol. The fourth-order valence-corrected chi connectivity index (χ4v) is 0.565. The molecule has 1 aliphatic heterocycles. The van der Waals surface area contributed by atoms with Crippen molar-refractivity contribution in [1.82, 2.24) is 4.90 Å². The third-order valence-corrected chi connectivity index (χ3v) is 0.988. The number of carboxylic acids is 1. The lowest BCUT2D eigenvalue weighted by molar-refractivity contribution is -0.137. The zero-order valence-corrected chi connectivity index (χ0v) is 5.44. The van der Waals surface area contributed by atoms with Gasteiger partial charge in [0.2, 0.25) is 0 Å². The van der Waals surface area contributed by atoms with E-state index >= 15 is 0 Å². The number of hydrogen-bond donors (Lipinski definition) is 1. The van der Waals surface area contributed by atoms with Crippen molar-refractivity contribution in [2.75, 3.05) is 6.54 Å². The maximum absolute atomic E-state index is 10.7. The van der Waals surface area contributed by atoms with E-state index in [1.165, 1.54) is 6.20 Å². The Balaban J connectivity index is 2.70. The fraction of sp³-hybridized carbons (Fsp3) is 0.167. The summed E-state index contributed by atoms with van der Waals surface area (Å²) in [5, 5.41) is 8.28. The Hall–Kier alpha value is -1.83. The number of rotatable bonds is 2. The molecule has 0 radical (unpaired) electrons. The maximum atomic E-state index is 10.7. The van der Waals surface area contributed by atoms with Crippen LogP contribution in [0.5, 0.6) is 0 Å². The summed E-state index contributed by atoms with van der Waals surface area (Å²) in [4.78, 5) is 24.9. The van der Waals surface area contributed by atoms with Crippen molar-refractivity contribution >= 4 is 17.9 Å². The van der Waals surface area contributed by atoms with E-state index in [1.807, 2.05) is 0 Å². The number of aliphatic imine (C=N–C) groups is 1. The lowest BCUT2D eigenvalue weighted by atomic mass is 10.5. The zero-order chi connectivity index (χ0) is 8.27. The van der Waals surface area contributed by atoms with Crippen molar-refractivity contribution in [3.63, 3.8) is 0 Å². The summed E-state index contributed by atoms with van der Waals surface area (Å²) in [5.41, 5.74) is 2.37. The second-order valence-electron chi connectivity index (χ2n) is 1.80. The molecule has 5 nitrogen and oxygen atoms in total. The van der Waals surface area contributed by atoms with Crippen molar-refractivity contribution in [3.05, 3.63) is 11.9 Å². The zero-order valence-electron chi connectivity index (χ0n) is 5.44. The van der Waals surface area contributed by atoms with Gasteiger partial charge in [-0.15, -0.1) is 4.99 Å². The summed E-state index contributed by atoms with van der Waals surface area (Å²) >= 11 is 0. The number of hydrogen-bond acceptors (Lipinski definition) is 2. The molecule has 0 bridgehead atoms. The largest absolute Gasteiger partial charge is 0.480 e. The van der Waals surface area contributed by atoms with Crippen molar-refractivity contribution in [1.29, 1.82) is 0 Å². The first-order valence-electron chi connectivity index (χ1n) is 2.77. The van der Waals surface area contributed by atoms with Crippen LogP contribution in [0.2, 0.25) is 0 Å². The van der Waals surface area contributed by atoms with E-state index in [2.05, 4.69) is 16.6 Å². The van der Waals surface area contributed by atoms with Crippen molar-refractivity contribution in [2.24, 2.45) is 4.99 Å². The van der Waals surface area contributed by atoms with Crippen molar-refractivity contribution < 1.29 is 14.7 Å². The molecule has 0 unspecified atom stereocenters. The van der Waals surface area contributed by atoms with Gasteiger partial charge in [-0.2, -0.15) is 0 Å². The molecule has 1 heterocycles. The van der Waals surface area contributed by atoms with Gasteiger partial charge in [0.15, 0.2) is 0 Å². The van der Waals surface area contributed by atoms with E-state index in [4.69, 9.17) is 5.11 Å². The summed E-state index contributed by atoms with van der Waals surface area (Å²) in [6, 6.07) is -0.633. The SMILES string of the molecule is O=C(O)CN1C=C=C=NC1=O. The highest BCUT2D eigenvalue weighted by atomic mass is 16.4. The average molecular weight is 152 g/mol. The average Bonchev–Trinajstić information content (AvgIpc) is 1.93. The Kier molecular flexibility index (Phi) is 1.88. The van der Waals surface area contributed by atoms with E-state index in [1.54, 1.807) is 0 Å². The van der Waals surface area contributed by atoms with Gasteiger partial charge in [0.1, 0.15) is 6.54 Å². The molecule has 1 rings (SSSR count). The quantitative estimate of drug-likeness (QED) is 0.559. The predicted octanol–water partition coefficient (Wildman–Crippen LogP) is -0.155. The summed E-state index contributed by atoms with van der Waals surface area (Å²) < 4.78 is 0. The van der Waals surface area contributed by atoms with E-state index in [0.29, 0.717) is 0 Å². The Morgan fingerprint density at radius 2 is 2.55 bits per heavy atom. The Bertz CT molecular complexity index is 295. The molecule has 0 atom stereocenters. The van der Waals surface area contributed by atoms with E-state index in [9.17, 15) is 9.59 Å². The first-order chi connectivity index (χ1) is 5.20. The number of aliphatic carboxylic acids is 1. The van der Waals surface area contributed by atoms with Gasteiger partial charge in [0.25, 0.3) is 0 Å². The van der Waals surface area contributed by atoms with Gasteiger partial charge >= 0.3 is 12.0 Å². The molecule has 2 amide bonds. The molecule has 5 heteroatoms. The summed E-state index contributed by atoms with van der Waals surface area (Å²) in [5.74, 6) is 1.08. The van der Waals surface area contributed by atoms with Crippen molar-refractivity contribution in [3.8, 4) is 0 Å². The molecule has 1 N–H and O–H groups in total. The van der Waals surface area contributed by atoms with Crippen LogP contribution < -0.4 is 0 Å². The minimum Gasteiger partial charge on any atom is -0.480 e. The van der Waals surface area contributed by atoms with Crippen LogP contribution >= 0.6 is 0 Å². The molecule has 56 valence electrons. The molecular formula is C6H4N2O3. The number of urea groups is 1. The molecule has 0 aromatic rings. The summed E-state index contributed by atoms with van der Waals surface area (Å²) in [6.07, 6.45) is 1.20.